The van der Waals surface area contributed by atoms with Gasteiger partial charge in [-0.05, 0) is 102 Å². The molecule has 16 nitrogen and oxygen atoms in total. The van der Waals surface area contributed by atoms with Crippen LogP contribution < -0.4 is 0 Å². The van der Waals surface area contributed by atoms with Crippen LogP contribution in [0.1, 0.15) is 65.9 Å². The number of carbonyl (C=O) groups is 4. The van der Waals surface area contributed by atoms with Crippen LogP contribution in [0.2, 0.25) is 0 Å². The van der Waals surface area contributed by atoms with Crippen LogP contribution in [0.4, 0.5) is 9.59 Å². The van der Waals surface area contributed by atoms with Gasteiger partial charge < -0.3 is 29.5 Å². The van der Waals surface area contributed by atoms with E-state index < -0.39 is 67.5 Å². The Bertz CT molecular complexity index is 1930. The minimum atomic E-state index is -4.00. The lowest BCUT2D eigenvalue weighted by Gasteiger charge is -2.38. The summed E-state index contributed by atoms with van der Waals surface area (Å²) in [5.41, 5.74) is -0.345. The molecule has 19 heteroatoms. The van der Waals surface area contributed by atoms with Crippen molar-refractivity contribution in [3.63, 3.8) is 0 Å². The van der Waals surface area contributed by atoms with E-state index in [0.717, 1.165) is 27.0 Å². The lowest BCUT2D eigenvalue weighted by Crippen LogP contribution is -2.59. The molecule has 1 saturated carbocycles. The molecule has 3 aliphatic rings. The number of rotatable bonds is 7. The van der Waals surface area contributed by atoms with Crippen molar-refractivity contribution < 1.29 is 55.7 Å². The number of halogens is 1. The van der Waals surface area contributed by atoms with Crippen molar-refractivity contribution in [2.45, 2.75) is 93.4 Å². The fourth-order valence-electron chi connectivity index (χ4n) is 5.70. The molecule has 2 amide bonds. The highest BCUT2D eigenvalue weighted by Gasteiger charge is 2.44. The van der Waals surface area contributed by atoms with Crippen molar-refractivity contribution >= 4 is 60.1 Å². The van der Waals surface area contributed by atoms with Crippen molar-refractivity contribution in [3.05, 3.63) is 58.6 Å². The summed E-state index contributed by atoms with van der Waals surface area (Å²) < 4.78 is 64.8. The Morgan fingerprint density at radius 2 is 0.981 bits per heavy atom. The molecule has 298 valence electrons. The predicted octanol–water partition coefficient (Wildman–Crippen LogP) is 4.40. The van der Waals surface area contributed by atoms with Gasteiger partial charge in [0, 0.05) is 30.7 Å². The maximum Gasteiger partial charge on any atom is 0.410 e. The molecule has 2 saturated heterocycles. The first kappa shape index (κ1) is 43.0. The fourth-order valence-corrected chi connectivity index (χ4v) is 9.09. The molecule has 2 aliphatic heterocycles. The molecule has 3 fully saturated rings. The third kappa shape index (κ3) is 10.9. The van der Waals surface area contributed by atoms with E-state index in [2.05, 4.69) is 15.9 Å². The molecule has 2 atom stereocenters. The second-order valence-corrected chi connectivity index (χ2v) is 19.8. The second kappa shape index (κ2) is 16.5. The summed E-state index contributed by atoms with van der Waals surface area (Å²) in [5, 5.41) is 19.1. The highest BCUT2D eigenvalue weighted by Crippen LogP contribution is 2.40. The SMILES string of the molecule is CC(C)(C)OC(=O)N1CCN(S(=O)(=O)c2ccc(Br)cc2)[C@@H](C(=O)O)C1.CC(C)(C)OC(=O)N1CCN(S(=O)(=O)c2ccc(C3CC3)cc2)[C@@H](C(=O)O)C1. The molecule has 0 radical (unpaired) electrons. The van der Waals surface area contributed by atoms with E-state index in [1.165, 1.54) is 34.1 Å². The van der Waals surface area contributed by atoms with Gasteiger partial charge in [0.25, 0.3) is 0 Å². The topological polar surface area (TPSA) is 208 Å². The number of carbonyl (C=O) groups excluding carboxylic acids is 2. The number of carboxylic acid groups (broad SMARTS) is 2. The van der Waals surface area contributed by atoms with Gasteiger partial charge >= 0.3 is 24.1 Å². The van der Waals surface area contributed by atoms with Crippen LogP contribution in [-0.2, 0) is 39.1 Å². The normalized spacial score (nSPS) is 20.4. The Hall–Kier alpha value is -3.78. The molecule has 0 bridgehead atoms. The minimum Gasteiger partial charge on any atom is -0.480 e. The smallest absolute Gasteiger partial charge is 0.410 e. The molecule has 2 heterocycles. The van der Waals surface area contributed by atoms with E-state index in [1.807, 2.05) is 0 Å². The van der Waals surface area contributed by atoms with Crippen LogP contribution in [0.15, 0.2) is 62.8 Å². The lowest BCUT2D eigenvalue weighted by molar-refractivity contribution is -0.144. The van der Waals surface area contributed by atoms with E-state index in [0.29, 0.717) is 10.4 Å². The van der Waals surface area contributed by atoms with Gasteiger partial charge in [0.05, 0.1) is 22.9 Å². The van der Waals surface area contributed by atoms with E-state index in [4.69, 9.17) is 9.47 Å². The van der Waals surface area contributed by atoms with Gasteiger partial charge in [0.15, 0.2) is 0 Å². The zero-order valence-corrected chi connectivity index (χ0v) is 34.2. The third-order valence-electron chi connectivity index (χ3n) is 8.49. The number of hydrogen-bond acceptors (Lipinski definition) is 10. The minimum absolute atomic E-state index is 0.00216. The zero-order chi connectivity index (χ0) is 40.4. The van der Waals surface area contributed by atoms with Crippen LogP contribution in [0, 0.1) is 0 Å². The Morgan fingerprint density at radius 1 is 0.630 bits per heavy atom. The van der Waals surface area contributed by atoms with Gasteiger partial charge in [0.1, 0.15) is 23.3 Å². The number of carboxylic acids is 2. The van der Waals surface area contributed by atoms with Crippen LogP contribution in [0.3, 0.4) is 0 Å². The Kier molecular flexibility index (Phi) is 13.1. The van der Waals surface area contributed by atoms with Crippen molar-refractivity contribution in [1.82, 2.24) is 18.4 Å². The summed E-state index contributed by atoms with van der Waals surface area (Å²) in [4.78, 5) is 50.4. The molecule has 2 aromatic carbocycles. The number of aliphatic carboxylic acids is 2. The number of amides is 2. The first-order chi connectivity index (χ1) is 24.9. The highest BCUT2D eigenvalue weighted by atomic mass is 79.9. The second-order valence-electron chi connectivity index (χ2n) is 15.1. The number of ether oxygens (including phenoxy) is 2. The molecule has 54 heavy (non-hydrogen) atoms. The summed E-state index contributed by atoms with van der Waals surface area (Å²) >= 11 is 3.23. The zero-order valence-electron chi connectivity index (χ0n) is 31.0. The van der Waals surface area contributed by atoms with Gasteiger partial charge in [-0.3, -0.25) is 9.59 Å². The average molecular weight is 860 g/mol. The van der Waals surface area contributed by atoms with Crippen LogP contribution in [0.25, 0.3) is 0 Å². The summed E-state index contributed by atoms with van der Waals surface area (Å²) in [6.45, 7) is 9.59. The average Bonchev–Trinajstić information content (AvgIpc) is 3.93. The maximum absolute atomic E-state index is 13.0. The van der Waals surface area contributed by atoms with Gasteiger partial charge in [-0.1, -0.05) is 28.1 Å². The lowest BCUT2D eigenvalue weighted by atomic mass is 10.1. The first-order valence-electron chi connectivity index (χ1n) is 17.2. The molecule has 5 rings (SSSR count). The Balaban J connectivity index is 0.000000241. The van der Waals surface area contributed by atoms with E-state index in [-0.39, 0.29) is 49.1 Å². The third-order valence-corrected chi connectivity index (χ3v) is 12.9. The first-order valence-corrected chi connectivity index (χ1v) is 20.9. The van der Waals surface area contributed by atoms with Gasteiger partial charge in [-0.25, -0.2) is 26.4 Å². The molecular formula is C35H47BrN4O12S2. The predicted molar refractivity (Wildman–Crippen MR) is 199 cm³/mol. The van der Waals surface area contributed by atoms with Crippen LogP contribution in [0.5, 0.6) is 0 Å². The highest BCUT2D eigenvalue weighted by molar-refractivity contribution is 9.10. The summed E-state index contributed by atoms with van der Waals surface area (Å²) in [7, 11) is -7.99. The molecule has 0 aromatic heterocycles. The van der Waals surface area contributed by atoms with Crippen LogP contribution >= 0.6 is 15.9 Å². The van der Waals surface area contributed by atoms with E-state index in [1.54, 1.807) is 65.8 Å². The summed E-state index contributed by atoms with van der Waals surface area (Å²) in [6, 6.07) is 9.83. The molecule has 0 unspecified atom stereocenters. The van der Waals surface area contributed by atoms with E-state index >= 15 is 0 Å². The maximum atomic E-state index is 13.0. The van der Waals surface area contributed by atoms with Crippen LogP contribution in [-0.4, -0.2) is 132 Å². The standard InChI is InChI=1S/C19H26N2O6S.C16H21BrN2O6S/c1-19(2,3)27-18(24)20-10-11-21(16(12-20)17(22)23)28(25,26)15-8-6-14(7-9-15)13-4-5-13;1-16(2,3)25-15(22)18-8-9-19(13(10-18)14(20)21)26(23,24)12-6-4-11(17)5-7-12/h6-9,13,16H,4-5,10-12H2,1-3H3,(H,22,23);4-7,13H,8-10H2,1-3H3,(H,20,21)/t16-;13-/m11/s1. The monoisotopic (exact) mass is 858 g/mol. The molecule has 1 aliphatic carbocycles. The van der Waals surface area contributed by atoms with Gasteiger partial charge in [-0.15, -0.1) is 0 Å². The number of benzene rings is 2. The number of nitrogens with zero attached hydrogens (tertiary/aromatic N) is 4. The summed E-state index contributed by atoms with van der Waals surface area (Å²) in [5.74, 6) is -2.12. The number of hydrogen-bond donors (Lipinski definition) is 2. The van der Waals surface area contributed by atoms with Crippen molar-refractivity contribution in [2.24, 2.45) is 0 Å². The molecule has 2 aromatic rings. The molecule has 2 N–H and O–H groups in total. The number of sulfonamides is 2. The van der Waals surface area contributed by atoms with Crippen molar-refractivity contribution in [2.75, 3.05) is 39.3 Å². The number of piperazine rings is 2. The fraction of sp³-hybridized carbons (Fsp3) is 0.543. The van der Waals surface area contributed by atoms with Gasteiger partial charge in [0.2, 0.25) is 20.0 Å². The largest absolute Gasteiger partial charge is 0.480 e. The van der Waals surface area contributed by atoms with Gasteiger partial charge in [-0.2, -0.15) is 8.61 Å². The quantitative estimate of drug-likeness (QED) is 0.397. The molecule has 0 spiro atoms. The van der Waals surface area contributed by atoms with Crippen molar-refractivity contribution in [3.8, 4) is 0 Å². The Morgan fingerprint density at radius 3 is 1.30 bits per heavy atom. The molecular weight excluding hydrogens is 812 g/mol. The van der Waals surface area contributed by atoms with E-state index in [9.17, 15) is 46.2 Å². The van der Waals surface area contributed by atoms with Crippen molar-refractivity contribution in [1.29, 1.82) is 0 Å². The Labute approximate surface area is 324 Å². The summed E-state index contributed by atoms with van der Waals surface area (Å²) in [6.07, 6.45) is 0.911.